The first-order valence-electron chi connectivity index (χ1n) is 12.8. The van der Waals surface area contributed by atoms with Crippen LogP contribution in [0.3, 0.4) is 0 Å². The minimum absolute atomic E-state index is 0.0279. The van der Waals surface area contributed by atoms with Gasteiger partial charge >= 0.3 is 0 Å². The van der Waals surface area contributed by atoms with E-state index in [-0.39, 0.29) is 12.4 Å². The molecular formula is C27H30N8O4. The second-order valence-electron chi connectivity index (χ2n) is 9.59. The lowest BCUT2D eigenvalue weighted by Gasteiger charge is -2.16. The lowest BCUT2D eigenvalue weighted by Crippen LogP contribution is -2.34. The number of rotatable bonds is 7. The van der Waals surface area contributed by atoms with Gasteiger partial charge in [-0.3, -0.25) is 9.67 Å². The van der Waals surface area contributed by atoms with Crippen molar-refractivity contribution in [1.29, 1.82) is 0 Å². The van der Waals surface area contributed by atoms with Crippen molar-refractivity contribution in [3.8, 4) is 17.0 Å². The monoisotopic (exact) mass is 530 g/mol. The van der Waals surface area contributed by atoms with Crippen LogP contribution in [0.25, 0.3) is 27.7 Å². The quantitative estimate of drug-likeness (QED) is 0.246. The number of nitrogens with one attached hydrogen (secondary N) is 1. The number of fused-ring (bicyclic) bond motifs is 2. The lowest BCUT2D eigenvalue weighted by molar-refractivity contribution is -0.0187. The molecule has 1 aromatic carbocycles. The average molecular weight is 531 g/mol. The van der Waals surface area contributed by atoms with Gasteiger partial charge in [-0.25, -0.2) is 9.50 Å². The molecule has 0 saturated carbocycles. The number of pyridine rings is 1. The van der Waals surface area contributed by atoms with Crippen LogP contribution < -0.4 is 15.8 Å². The molecule has 0 aliphatic carbocycles. The Morgan fingerprint density at radius 3 is 2.74 bits per heavy atom. The molecule has 4 aromatic heterocycles. The predicted molar refractivity (Wildman–Crippen MR) is 145 cm³/mol. The molecule has 0 radical (unpaired) electrons. The molecule has 5 aromatic rings. The molecule has 12 heteroatoms. The molecule has 6 rings (SSSR count). The first-order chi connectivity index (χ1) is 18.9. The van der Waals surface area contributed by atoms with E-state index in [1.54, 1.807) is 9.20 Å². The first-order valence-corrected chi connectivity index (χ1v) is 12.8. The maximum absolute atomic E-state index is 11.0. The Labute approximate surface area is 224 Å². The maximum Gasteiger partial charge on any atom is 0.152 e. The molecular weight excluding hydrogens is 500 g/mol. The largest absolute Gasteiger partial charge is 0.491 e. The number of hydrogen-bond acceptors (Lipinski definition) is 10. The number of anilines is 2. The fraction of sp³-hybridized carbons (Fsp3) is 0.333. The average Bonchev–Trinajstić information content (AvgIpc) is 3.63. The Bertz CT molecular complexity index is 1660. The van der Waals surface area contributed by atoms with Crippen LogP contribution in [0, 0.1) is 0 Å². The Hall–Kier alpha value is -4.26. The highest BCUT2D eigenvalue weighted by Crippen LogP contribution is 2.39. The van der Waals surface area contributed by atoms with E-state index in [0.29, 0.717) is 28.2 Å². The van der Waals surface area contributed by atoms with Crippen LogP contribution in [0.1, 0.15) is 24.4 Å². The summed E-state index contributed by atoms with van der Waals surface area (Å²) in [7, 11) is 3.70. The molecule has 0 spiro atoms. The fourth-order valence-electron chi connectivity index (χ4n) is 5.10. The van der Waals surface area contributed by atoms with E-state index in [0.717, 1.165) is 28.7 Å². The van der Waals surface area contributed by atoms with Crippen molar-refractivity contribution in [2.45, 2.75) is 37.8 Å². The van der Waals surface area contributed by atoms with Crippen LogP contribution in [0.15, 0.2) is 48.9 Å². The van der Waals surface area contributed by atoms with E-state index >= 15 is 0 Å². The molecule has 1 aliphatic rings. The zero-order chi connectivity index (χ0) is 27.3. The van der Waals surface area contributed by atoms with Gasteiger partial charge in [0, 0.05) is 48.7 Å². The third kappa shape index (κ3) is 4.32. The van der Waals surface area contributed by atoms with Crippen LogP contribution in [0.5, 0.6) is 5.75 Å². The maximum atomic E-state index is 11.0. The standard InChI is InChI=1S/C27H30N8O4/c1-4-14-9-19(29-2)16-6-5-15(10-20(16)32-14)38-12-22-24(36)25(37)26(39-22)21-11-17(18-7-8-34(3)33-18)23-27(28)30-13-31-35(21)23/h5-11,13,22,24-26,36-37H,4,12H2,1-3H3,(H,29,32)(H2,28,30,31)/t22-,24-,25-,26+/m1/s1. The van der Waals surface area contributed by atoms with Crippen molar-refractivity contribution in [2.75, 3.05) is 24.7 Å². The number of aliphatic hydroxyl groups excluding tert-OH is 2. The molecule has 1 saturated heterocycles. The summed E-state index contributed by atoms with van der Waals surface area (Å²) in [5.74, 6) is 0.854. The molecule has 39 heavy (non-hydrogen) atoms. The van der Waals surface area contributed by atoms with Crippen molar-refractivity contribution in [3.05, 3.63) is 60.3 Å². The topological polar surface area (TPSA) is 158 Å². The molecule has 1 aliphatic heterocycles. The van der Waals surface area contributed by atoms with Gasteiger partial charge < -0.3 is 30.7 Å². The van der Waals surface area contributed by atoms with E-state index in [4.69, 9.17) is 20.2 Å². The van der Waals surface area contributed by atoms with Crippen molar-refractivity contribution in [2.24, 2.45) is 7.05 Å². The van der Waals surface area contributed by atoms with Gasteiger partial charge in [-0.15, -0.1) is 0 Å². The molecule has 12 nitrogen and oxygen atoms in total. The molecule has 0 unspecified atom stereocenters. The van der Waals surface area contributed by atoms with E-state index in [1.165, 1.54) is 6.33 Å². The third-order valence-electron chi connectivity index (χ3n) is 7.13. The predicted octanol–water partition coefficient (Wildman–Crippen LogP) is 2.10. The number of hydrogen-bond donors (Lipinski definition) is 4. The van der Waals surface area contributed by atoms with Gasteiger partial charge in [-0.05, 0) is 36.8 Å². The van der Waals surface area contributed by atoms with Gasteiger partial charge in [0.1, 0.15) is 48.6 Å². The Balaban J connectivity index is 1.27. The molecule has 5 heterocycles. The van der Waals surface area contributed by atoms with Gasteiger partial charge in [-0.2, -0.15) is 10.2 Å². The van der Waals surface area contributed by atoms with Crippen molar-refractivity contribution < 1.29 is 19.7 Å². The van der Waals surface area contributed by atoms with Crippen molar-refractivity contribution in [3.63, 3.8) is 0 Å². The minimum Gasteiger partial charge on any atom is -0.491 e. The van der Waals surface area contributed by atoms with Gasteiger partial charge in [-0.1, -0.05) is 6.92 Å². The Kier molecular flexibility index (Phi) is 6.29. The van der Waals surface area contributed by atoms with Gasteiger partial charge in [0.2, 0.25) is 0 Å². The van der Waals surface area contributed by atoms with E-state index in [2.05, 4.69) is 27.4 Å². The Morgan fingerprint density at radius 1 is 1.15 bits per heavy atom. The van der Waals surface area contributed by atoms with E-state index in [9.17, 15) is 10.2 Å². The molecule has 5 N–H and O–H groups in total. The van der Waals surface area contributed by atoms with Gasteiger partial charge in [0.15, 0.2) is 5.82 Å². The number of ether oxygens (including phenoxy) is 2. The molecule has 0 amide bonds. The van der Waals surface area contributed by atoms with Gasteiger partial charge in [0.05, 0.1) is 16.9 Å². The summed E-state index contributed by atoms with van der Waals surface area (Å²) in [5, 5.41) is 34.9. The van der Waals surface area contributed by atoms with Crippen LogP contribution in [-0.2, 0) is 18.2 Å². The van der Waals surface area contributed by atoms with E-state index < -0.39 is 24.4 Å². The van der Waals surface area contributed by atoms with Crippen LogP contribution >= 0.6 is 0 Å². The molecule has 202 valence electrons. The highest BCUT2D eigenvalue weighted by molar-refractivity contribution is 5.92. The number of benzene rings is 1. The number of aliphatic hydroxyl groups is 2. The lowest BCUT2D eigenvalue weighted by atomic mass is 10.1. The summed E-state index contributed by atoms with van der Waals surface area (Å²) >= 11 is 0. The normalized spacial score (nSPS) is 21.2. The van der Waals surface area contributed by atoms with Gasteiger partial charge in [0.25, 0.3) is 0 Å². The van der Waals surface area contributed by atoms with Crippen molar-refractivity contribution in [1.82, 2.24) is 29.4 Å². The van der Waals surface area contributed by atoms with E-state index in [1.807, 2.05) is 56.7 Å². The fourth-order valence-corrected chi connectivity index (χ4v) is 5.10. The summed E-state index contributed by atoms with van der Waals surface area (Å²) in [6.07, 6.45) is -0.0926. The minimum atomic E-state index is -1.21. The number of aryl methyl sites for hydroxylation is 2. The number of nitrogens with two attached hydrogens (primary N) is 1. The molecule has 1 fully saturated rings. The van der Waals surface area contributed by atoms with Crippen LogP contribution in [-0.4, -0.2) is 71.5 Å². The summed E-state index contributed by atoms with van der Waals surface area (Å²) in [6.45, 7) is 2.09. The van der Waals surface area contributed by atoms with Crippen LogP contribution in [0.2, 0.25) is 0 Å². The summed E-state index contributed by atoms with van der Waals surface area (Å²) < 4.78 is 15.4. The summed E-state index contributed by atoms with van der Waals surface area (Å²) in [4.78, 5) is 8.84. The summed E-state index contributed by atoms with van der Waals surface area (Å²) in [6, 6.07) is 11.4. The first kappa shape index (κ1) is 25.0. The number of nitrogen functional groups attached to an aromatic ring is 1. The third-order valence-corrected chi connectivity index (χ3v) is 7.13. The number of nitrogens with zero attached hydrogens (tertiary/aromatic N) is 6. The highest BCUT2D eigenvalue weighted by Gasteiger charge is 2.45. The number of aromatic nitrogens is 6. The zero-order valence-electron chi connectivity index (χ0n) is 21.8. The smallest absolute Gasteiger partial charge is 0.152 e. The van der Waals surface area contributed by atoms with Crippen LogP contribution in [0.4, 0.5) is 11.5 Å². The highest BCUT2D eigenvalue weighted by atomic mass is 16.6. The second kappa shape index (κ2) is 9.80. The zero-order valence-corrected chi connectivity index (χ0v) is 21.8. The molecule has 4 atom stereocenters. The second-order valence-corrected chi connectivity index (χ2v) is 9.59. The van der Waals surface area contributed by atoms with Crippen molar-refractivity contribution >= 4 is 27.9 Å². The SMILES string of the molecule is CCc1cc(NC)c2ccc(OC[C@H]3O[C@@H](c4cc(-c5ccn(C)n5)c5c(N)ncnn45)[C@H](O)[C@@H]3O)cc2n1. The Morgan fingerprint density at radius 2 is 2.00 bits per heavy atom. The summed E-state index contributed by atoms with van der Waals surface area (Å²) in [5.41, 5.74) is 11.4. The molecule has 0 bridgehead atoms.